The van der Waals surface area contributed by atoms with Crippen molar-refractivity contribution in [3.05, 3.63) is 11.7 Å². The average molecular weight is 278 g/mol. The van der Waals surface area contributed by atoms with Gasteiger partial charge in [-0.1, -0.05) is 18.0 Å². The highest BCUT2D eigenvalue weighted by Crippen LogP contribution is 2.33. The van der Waals surface area contributed by atoms with Gasteiger partial charge in [-0.3, -0.25) is 9.59 Å². The van der Waals surface area contributed by atoms with Gasteiger partial charge in [0.25, 0.3) is 0 Å². The first-order chi connectivity index (χ1) is 9.59. The molecule has 3 rings (SSSR count). The Labute approximate surface area is 116 Å². The lowest BCUT2D eigenvalue weighted by molar-refractivity contribution is -0.139. The predicted molar refractivity (Wildman–Crippen MR) is 68.4 cm³/mol. The minimum atomic E-state index is -0.706. The van der Waals surface area contributed by atoms with E-state index in [9.17, 15) is 9.59 Å². The molecular formula is C13H18N4O3. The highest BCUT2D eigenvalue weighted by atomic mass is 16.5. The molecule has 0 aromatic carbocycles. The first-order valence-corrected chi connectivity index (χ1v) is 6.99. The van der Waals surface area contributed by atoms with Crippen LogP contribution >= 0.6 is 0 Å². The van der Waals surface area contributed by atoms with E-state index in [2.05, 4.69) is 15.5 Å². The quantitative estimate of drug-likeness (QED) is 0.853. The molecule has 2 amide bonds. The molecule has 1 spiro atoms. The smallest absolute Gasteiger partial charge is 0.248 e. The van der Waals surface area contributed by atoms with Gasteiger partial charge in [-0.25, -0.2) is 0 Å². The zero-order chi connectivity index (χ0) is 14.2. The summed E-state index contributed by atoms with van der Waals surface area (Å²) in [6.45, 7) is 2.41. The summed E-state index contributed by atoms with van der Waals surface area (Å²) < 4.78 is 5.07. The summed E-state index contributed by atoms with van der Waals surface area (Å²) >= 11 is 0. The van der Waals surface area contributed by atoms with Gasteiger partial charge < -0.3 is 14.7 Å². The summed E-state index contributed by atoms with van der Waals surface area (Å²) in [5.74, 6) is 0.895. The number of nitrogens with one attached hydrogen (secondary N) is 1. The molecule has 2 aliphatic rings. The van der Waals surface area contributed by atoms with Crippen LogP contribution in [0.2, 0.25) is 0 Å². The summed E-state index contributed by atoms with van der Waals surface area (Å²) in [4.78, 5) is 30.4. The molecule has 1 saturated carbocycles. The van der Waals surface area contributed by atoms with Crippen LogP contribution in [0.4, 0.5) is 0 Å². The van der Waals surface area contributed by atoms with Gasteiger partial charge in [0, 0.05) is 13.0 Å². The molecule has 0 unspecified atom stereocenters. The lowest BCUT2D eigenvalue weighted by Gasteiger charge is -2.31. The van der Waals surface area contributed by atoms with E-state index in [1.54, 1.807) is 11.8 Å². The van der Waals surface area contributed by atoms with Crippen molar-refractivity contribution in [2.75, 3.05) is 6.54 Å². The molecule has 20 heavy (non-hydrogen) atoms. The fourth-order valence-corrected chi connectivity index (χ4v) is 3.06. The lowest BCUT2D eigenvalue weighted by Crippen LogP contribution is -2.55. The summed E-state index contributed by atoms with van der Waals surface area (Å²) in [6, 6.07) is 0. The molecule has 1 aliphatic heterocycles. The first kappa shape index (κ1) is 13.1. The van der Waals surface area contributed by atoms with E-state index < -0.39 is 5.54 Å². The summed E-state index contributed by atoms with van der Waals surface area (Å²) in [7, 11) is 0. The second-order valence-corrected chi connectivity index (χ2v) is 5.55. The Hall–Kier alpha value is -1.92. The average Bonchev–Trinajstić information content (AvgIpc) is 3.01. The van der Waals surface area contributed by atoms with E-state index in [1.807, 2.05) is 0 Å². The summed E-state index contributed by atoms with van der Waals surface area (Å²) in [5.41, 5.74) is -0.706. The second kappa shape index (κ2) is 4.88. The maximum absolute atomic E-state index is 12.7. The zero-order valence-corrected chi connectivity index (χ0v) is 11.5. The van der Waals surface area contributed by atoms with E-state index in [1.165, 1.54) is 0 Å². The molecule has 2 heterocycles. The van der Waals surface area contributed by atoms with Crippen molar-refractivity contribution in [2.24, 2.45) is 0 Å². The zero-order valence-electron chi connectivity index (χ0n) is 11.5. The SMILES string of the molecule is Cc1noc(CN2CCC(=O)NC3(CCCC3)C2=O)n1. The minimum absolute atomic E-state index is 0.0169. The topological polar surface area (TPSA) is 88.3 Å². The Morgan fingerprint density at radius 2 is 2.10 bits per heavy atom. The third-order valence-electron chi connectivity index (χ3n) is 4.04. The highest BCUT2D eigenvalue weighted by Gasteiger charge is 2.46. The number of amides is 2. The minimum Gasteiger partial charge on any atom is -0.342 e. The van der Waals surface area contributed by atoms with E-state index in [4.69, 9.17) is 4.52 Å². The number of nitrogens with zero attached hydrogens (tertiary/aromatic N) is 3. The molecule has 7 nitrogen and oxygen atoms in total. The Kier molecular flexibility index (Phi) is 3.19. The molecule has 1 aromatic rings. The van der Waals surface area contributed by atoms with Crippen molar-refractivity contribution in [3.8, 4) is 0 Å². The standard InChI is InChI=1S/C13H18N4O3/c1-9-14-11(20-16-9)8-17-7-4-10(18)15-13(12(17)19)5-2-3-6-13/h2-8H2,1H3,(H,15,18). The maximum atomic E-state index is 12.7. The van der Waals surface area contributed by atoms with Crippen LogP contribution in [0.1, 0.15) is 43.8 Å². The summed E-state index contributed by atoms with van der Waals surface area (Å²) in [5, 5.41) is 6.66. The van der Waals surface area contributed by atoms with E-state index in [0.29, 0.717) is 24.7 Å². The van der Waals surface area contributed by atoms with Gasteiger partial charge in [-0.2, -0.15) is 4.98 Å². The third kappa shape index (κ3) is 2.28. The highest BCUT2D eigenvalue weighted by molar-refractivity contribution is 5.93. The van der Waals surface area contributed by atoms with Gasteiger partial charge in [0.15, 0.2) is 5.82 Å². The molecule has 2 fully saturated rings. The van der Waals surface area contributed by atoms with Crippen molar-refractivity contribution in [1.82, 2.24) is 20.4 Å². The molecule has 1 N–H and O–H groups in total. The maximum Gasteiger partial charge on any atom is 0.248 e. The predicted octanol–water partition coefficient (Wildman–Crippen LogP) is 0.539. The Morgan fingerprint density at radius 3 is 2.75 bits per heavy atom. The van der Waals surface area contributed by atoms with Crippen LogP contribution in [0.25, 0.3) is 0 Å². The van der Waals surface area contributed by atoms with Crippen LogP contribution in [-0.2, 0) is 16.1 Å². The molecule has 7 heteroatoms. The number of aromatic nitrogens is 2. The third-order valence-corrected chi connectivity index (χ3v) is 4.04. The lowest BCUT2D eigenvalue weighted by atomic mass is 9.96. The van der Waals surface area contributed by atoms with Crippen LogP contribution in [0.15, 0.2) is 4.52 Å². The molecule has 0 bridgehead atoms. The monoisotopic (exact) mass is 278 g/mol. The van der Waals surface area contributed by atoms with Gasteiger partial charge in [0.2, 0.25) is 17.7 Å². The Bertz CT molecular complexity index is 533. The van der Waals surface area contributed by atoms with Crippen LogP contribution in [0, 0.1) is 6.92 Å². The number of carbonyl (C=O) groups is 2. The molecule has 1 aliphatic carbocycles. The summed E-state index contributed by atoms with van der Waals surface area (Å²) in [6.07, 6.45) is 3.70. The van der Waals surface area contributed by atoms with Gasteiger partial charge in [0.05, 0.1) is 0 Å². The fourth-order valence-electron chi connectivity index (χ4n) is 3.06. The van der Waals surface area contributed by atoms with Gasteiger partial charge in [-0.05, 0) is 19.8 Å². The largest absolute Gasteiger partial charge is 0.342 e. The van der Waals surface area contributed by atoms with Gasteiger partial charge in [0.1, 0.15) is 12.1 Å². The molecule has 108 valence electrons. The van der Waals surface area contributed by atoms with Crippen molar-refractivity contribution < 1.29 is 14.1 Å². The molecule has 0 atom stereocenters. The van der Waals surface area contributed by atoms with Crippen LogP contribution < -0.4 is 5.32 Å². The fraction of sp³-hybridized carbons (Fsp3) is 0.692. The van der Waals surface area contributed by atoms with Crippen LogP contribution in [0.3, 0.4) is 0 Å². The molecule has 0 radical (unpaired) electrons. The Balaban J connectivity index is 1.82. The van der Waals surface area contributed by atoms with Crippen LogP contribution in [-0.4, -0.2) is 38.9 Å². The first-order valence-electron chi connectivity index (χ1n) is 6.99. The number of rotatable bonds is 2. The normalized spacial score (nSPS) is 22.1. The molecule has 1 saturated heterocycles. The number of hydrogen-bond acceptors (Lipinski definition) is 5. The molecule has 1 aromatic heterocycles. The van der Waals surface area contributed by atoms with Crippen LogP contribution in [0.5, 0.6) is 0 Å². The van der Waals surface area contributed by atoms with Gasteiger partial charge >= 0.3 is 0 Å². The van der Waals surface area contributed by atoms with Crippen molar-refractivity contribution >= 4 is 11.8 Å². The van der Waals surface area contributed by atoms with Crippen molar-refractivity contribution in [1.29, 1.82) is 0 Å². The number of hydrogen-bond donors (Lipinski definition) is 1. The van der Waals surface area contributed by atoms with Gasteiger partial charge in [-0.15, -0.1) is 0 Å². The molecular weight excluding hydrogens is 260 g/mol. The van der Waals surface area contributed by atoms with E-state index >= 15 is 0 Å². The number of aryl methyl sites for hydroxylation is 1. The number of carbonyl (C=O) groups excluding carboxylic acids is 2. The Morgan fingerprint density at radius 1 is 1.35 bits per heavy atom. The van der Waals surface area contributed by atoms with E-state index in [-0.39, 0.29) is 18.4 Å². The van der Waals surface area contributed by atoms with E-state index in [0.717, 1.165) is 25.7 Å². The van der Waals surface area contributed by atoms with Crippen molar-refractivity contribution in [3.63, 3.8) is 0 Å². The van der Waals surface area contributed by atoms with Crippen molar-refractivity contribution in [2.45, 2.75) is 51.1 Å². The second-order valence-electron chi connectivity index (χ2n) is 5.55.